The molecule has 4 heteroatoms. The van der Waals surface area contributed by atoms with E-state index < -0.39 is 0 Å². The zero-order valence-corrected chi connectivity index (χ0v) is 29.6. The average Bonchev–Trinajstić information content (AvgIpc) is 3.67. The second-order valence-electron chi connectivity index (χ2n) is 15.7. The zero-order valence-electron chi connectivity index (χ0n) is 28.8. The van der Waals surface area contributed by atoms with Crippen LogP contribution in [0.15, 0.2) is 79.0 Å². The molecule has 236 valence electrons. The van der Waals surface area contributed by atoms with Gasteiger partial charge in [-0.3, -0.25) is 4.98 Å². The van der Waals surface area contributed by atoms with Crippen LogP contribution in [-0.4, -0.2) is 13.7 Å². The van der Waals surface area contributed by atoms with Crippen LogP contribution in [-0.2, 0) is 23.7 Å². The number of rotatable bonds is 6. The molecule has 0 amide bonds. The maximum Gasteiger partial charge on any atom is 0.131 e. The molecule has 0 aliphatic heterocycles. The Kier molecular flexibility index (Phi) is 6.86. The molecule has 2 aliphatic rings. The molecule has 0 N–H and O–H groups in total. The van der Waals surface area contributed by atoms with Crippen LogP contribution in [0.3, 0.4) is 0 Å². The van der Waals surface area contributed by atoms with E-state index in [0.717, 1.165) is 46.3 Å². The third kappa shape index (κ3) is 4.70. The summed E-state index contributed by atoms with van der Waals surface area (Å²) in [6.07, 6.45) is 4.22. The van der Waals surface area contributed by atoms with Crippen molar-refractivity contribution >= 4 is 22.8 Å². The Morgan fingerprint density at radius 2 is 0.979 bits per heavy atom. The smallest absolute Gasteiger partial charge is 0.131 e. The van der Waals surface area contributed by atoms with Gasteiger partial charge in [0.15, 0.2) is 0 Å². The first-order valence-electron chi connectivity index (χ1n) is 17.1. The van der Waals surface area contributed by atoms with E-state index in [1.807, 2.05) is 6.20 Å². The summed E-state index contributed by atoms with van der Waals surface area (Å²) in [5.41, 5.74) is 19.6. The molecule has 47 heavy (non-hydrogen) atoms. The Hall–Kier alpha value is -4.15. The van der Waals surface area contributed by atoms with E-state index in [9.17, 15) is 0 Å². The molecule has 0 spiro atoms. The third-order valence-electron chi connectivity index (χ3n) is 10.6. The highest BCUT2D eigenvalue weighted by Gasteiger charge is 2.37. The second-order valence-corrected chi connectivity index (χ2v) is 16.2. The highest BCUT2D eigenvalue weighted by Crippen LogP contribution is 2.52. The highest BCUT2D eigenvalue weighted by molar-refractivity contribution is 7.00. The lowest BCUT2D eigenvalue weighted by molar-refractivity contribution is 0.637. The minimum absolute atomic E-state index is 0.0785. The first-order valence-corrected chi connectivity index (χ1v) is 17.8. The summed E-state index contributed by atoms with van der Waals surface area (Å²) in [5.74, 6) is 1.27. The van der Waals surface area contributed by atoms with Gasteiger partial charge in [-0.1, -0.05) is 116 Å². The quantitative estimate of drug-likeness (QED) is 0.183. The molecule has 4 aromatic carbocycles. The van der Waals surface area contributed by atoms with Crippen molar-refractivity contribution in [3.05, 3.63) is 112 Å². The van der Waals surface area contributed by atoms with Crippen LogP contribution in [0, 0.1) is 11.8 Å². The van der Waals surface area contributed by atoms with Gasteiger partial charge in [-0.25, -0.2) is 0 Å². The van der Waals surface area contributed by atoms with Crippen molar-refractivity contribution in [3.63, 3.8) is 0 Å². The molecule has 2 heterocycles. The van der Waals surface area contributed by atoms with E-state index in [-0.39, 0.29) is 10.8 Å². The van der Waals surface area contributed by atoms with Crippen LogP contribution in [0.1, 0.15) is 88.8 Å². The molecule has 0 saturated carbocycles. The Labute approximate surface area is 283 Å². The van der Waals surface area contributed by atoms with Crippen LogP contribution >= 0.6 is 11.7 Å². The van der Waals surface area contributed by atoms with Crippen molar-refractivity contribution in [2.24, 2.45) is 11.8 Å². The van der Waals surface area contributed by atoms with E-state index in [1.54, 1.807) is 0 Å². The number of hydrogen-bond donors (Lipinski definition) is 0. The molecule has 0 fully saturated rings. The monoisotopic (exact) mass is 633 g/mol. The first kappa shape index (κ1) is 30.2. The van der Waals surface area contributed by atoms with Gasteiger partial charge in [-0.15, -0.1) is 0 Å². The molecule has 8 rings (SSSR count). The number of fused-ring (bicyclic) bond motifs is 7. The van der Waals surface area contributed by atoms with Crippen LogP contribution in [0.2, 0.25) is 0 Å². The standard InChI is InChI=1S/C43H43N3S/c1-24(2)17-26-9-13-30-32-15-11-28(21-37(32)42(5,6)35(30)19-26)34-23-44-39(41-40(34)45-47-46-41)29-12-16-33-31-14-10-27(18-25(3)4)20-36(31)43(7,8)38(33)22-29/h9-16,19-25H,17-18H2,1-8H3. The average molecular weight is 634 g/mol. The number of benzene rings is 4. The van der Waals surface area contributed by atoms with Crippen molar-refractivity contribution in [2.75, 3.05) is 0 Å². The van der Waals surface area contributed by atoms with E-state index in [1.165, 1.54) is 67.4 Å². The molecule has 0 atom stereocenters. The fraction of sp³-hybridized carbons (Fsp3) is 0.326. The molecule has 6 aromatic rings. The second kappa shape index (κ2) is 10.7. The lowest BCUT2D eigenvalue weighted by Crippen LogP contribution is -2.15. The Balaban J connectivity index is 1.17. The normalized spacial score (nSPS) is 15.3. The van der Waals surface area contributed by atoms with Crippen molar-refractivity contribution in [2.45, 2.75) is 79.1 Å². The van der Waals surface area contributed by atoms with Crippen LogP contribution < -0.4 is 0 Å². The van der Waals surface area contributed by atoms with Gasteiger partial charge in [0.05, 0.1) is 17.4 Å². The molecular formula is C43H43N3S. The van der Waals surface area contributed by atoms with Gasteiger partial charge in [0.25, 0.3) is 0 Å². The molecule has 0 unspecified atom stereocenters. The van der Waals surface area contributed by atoms with E-state index >= 15 is 0 Å². The maximum absolute atomic E-state index is 5.11. The van der Waals surface area contributed by atoms with E-state index in [2.05, 4.69) is 128 Å². The summed E-state index contributed by atoms with van der Waals surface area (Å²) in [6, 6.07) is 27.9. The first-order chi connectivity index (χ1) is 22.4. The lowest BCUT2D eigenvalue weighted by Gasteiger charge is -2.23. The molecule has 2 aliphatic carbocycles. The van der Waals surface area contributed by atoms with Crippen molar-refractivity contribution in [1.29, 1.82) is 0 Å². The van der Waals surface area contributed by atoms with Gasteiger partial charge < -0.3 is 0 Å². The highest BCUT2D eigenvalue weighted by atomic mass is 32.1. The van der Waals surface area contributed by atoms with Crippen LogP contribution in [0.25, 0.3) is 55.7 Å². The van der Waals surface area contributed by atoms with Crippen molar-refractivity contribution < 1.29 is 0 Å². The van der Waals surface area contributed by atoms with Crippen molar-refractivity contribution in [1.82, 2.24) is 13.7 Å². The van der Waals surface area contributed by atoms with Gasteiger partial charge in [-0.2, -0.15) is 8.75 Å². The van der Waals surface area contributed by atoms with Crippen LogP contribution in [0.4, 0.5) is 0 Å². The summed E-state index contributed by atoms with van der Waals surface area (Å²) < 4.78 is 9.67. The molecule has 0 saturated heterocycles. The predicted octanol–water partition coefficient (Wildman–Crippen LogP) is 11.4. The van der Waals surface area contributed by atoms with Crippen molar-refractivity contribution in [3.8, 4) is 44.6 Å². The molecule has 3 nitrogen and oxygen atoms in total. The summed E-state index contributed by atoms with van der Waals surface area (Å²) >= 11 is 1.27. The third-order valence-corrected chi connectivity index (χ3v) is 11.2. The Morgan fingerprint density at radius 1 is 0.532 bits per heavy atom. The van der Waals surface area contributed by atoms with Gasteiger partial charge in [0.2, 0.25) is 0 Å². The lowest BCUT2D eigenvalue weighted by atomic mass is 9.80. The largest absolute Gasteiger partial charge is 0.253 e. The zero-order chi connectivity index (χ0) is 32.8. The summed E-state index contributed by atoms with van der Waals surface area (Å²) in [6.45, 7) is 18.6. The summed E-state index contributed by atoms with van der Waals surface area (Å²) in [7, 11) is 0. The minimum Gasteiger partial charge on any atom is -0.253 e. The van der Waals surface area contributed by atoms with Gasteiger partial charge in [0, 0.05) is 28.2 Å². The summed E-state index contributed by atoms with van der Waals surface area (Å²) in [5, 5.41) is 0. The van der Waals surface area contributed by atoms with Crippen LogP contribution in [0.5, 0.6) is 0 Å². The fourth-order valence-corrected chi connectivity index (χ4v) is 8.84. The predicted molar refractivity (Wildman–Crippen MR) is 198 cm³/mol. The Morgan fingerprint density at radius 3 is 1.51 bits per heavy atom. The maximum atomic E-state index is 5.11. The van der Waals surface area contributed by atoms with Gasteiger partial charge in [-0.05, 0) is 98.0 Å². The minimum atomic E-state index is -0.0859. The molecular weight excluding hydrogens is 591 g/mol. The van der Waals surface area contributed by atoms with E-state index in [4.69, 9.17) is 13.7 Å². The molecule has 2 aromatic heterocycles. The fourth-order valence-electron chi connectivity index (χ4n) is 8.28. The molecule has 0 bridgehead atoms. The number of nitrogens with zero attached hydrogens (tertiary/aromatic N) is 3. The summed E-state index contributed by atoms with van der Waals surface area (Å²) in [4.78, 5) is 5.11. The number of hydrogen-bond acceptors (Lipinski definition) is 4. The number of aromatic nitrogens is 3. The van der Waals surface area contributed by atoms with E-state index in [0.29, 0.717) is 11.8 Å². The molecule has 0 radical (unpaired) electrons. The van der Waals surface area contributed by atoms with Gasteiger partial charge >= 0.3 is 0 Å². The topological polar surface area (TPSA) is 38.7 Å². The SMILES string of the molecule is CC(C)Cc1ccc2c(c1)C(C)(C)c1cc(-c3cnc(-c4ccc5c(c4)C(C)(C)c4cc(CC(C)C)ccc4-5)c4nsnc34)ccc1-2. The van der Waals surface area contributed by atoms with Gasteiger partial charge in [0.1, 0.15) is 11.0 Å². The number of pyridine rings is 1. The Bertz CT molecular complexity index is 2060.